The Kier molecular flexibility index (Phi) is 8.98. The number of amides is 1. The van der Waals surface area contributed by atoms with Gasteiger partial charge < -0.3 is 24.8 Å². The minimum Gasteiger partial charge on any atom is -0.475 e. The summed E-state index contributed by atoms with van der Waals surface area (Å²) in [6.07, 6.45) is -0.0723. The van der Waals surface area contributed by atoms with Crippen LogP contribution in [-0.2, 0) is 16.0 Å². The Morgan fingerprint density at radius 1 is 1.02 bits per heavy atom. The highest BCUT2D eigenvalue weighted by molar-refractivity contribution is 6.36. The van der Waals surface area contributed by atoms with E-state index in [9.17, 15) is 18.0 Å². The largest absolute Gasteiger partial charge is 0.490 e. The summed E-state index contributed by atoms with van der Waals surface area (Å²) in [6, 6.07) is 16.9. The van der Waals surface area contributed by atoms with Gasteiger partial charge in [-0.05, 0) is 66.9 Å². The molecule has 2 aliphatic rings. The first kappa shape index (κ1) is 31.1. The fourth-order valence-corrected chi connectivity index (χ4v) is 5.80. The maximum atomic E-state index is 12.6. The first-order valence-electron chi connectivity index (χ1n) is 14.1. The number of carboxylic acids is 1. The van der Waals surface area contributed by atoms with Gasteiger partial charge in [-0.2, -0.15) is 13.2 Å². The summed E-state index contributed by atoms with van der Waals surface area (Å²) in [5.41, 5.74) is 8.14. The lowest BCUT2D eigenvalue weighted by atomic mass is 9.94. The van der Waals surface area contributed by atoms with Crippen LogP contribution in [0.2, 0.25) is 5.02 Å². The van der Waals surface area contributed by atoms with Crippen LogP contribution in [0, 0.1) is 0 Å². The van der Waals surface area contributed by atoms with Gasteiger partial charge in [0, 0.05) is 61.2 Å². The van der Waals surface area contributed by atoms with Crippen molar-refractivity contribution in [1.82, 2.24) is 14.9 Å². The van der Waals surface area contributed by atoms with Gasteiger partial charge in [0.2, 0.25) is 5.91 Å². The van der Waals surface area contributed by atoms with E-state index in [1.807, 2.05) is 11.0 Å². The molecule has 0 radical (unpaired) electrons. The molecular formula is C32H31ClF3N5O3. The number of halogens is 4. The van der Waals surface area contributed by atoms with E-state index in [4.69, 9.17) is 21.5 Å². The van der Waals surface area contributed by atoms with Crippen LogP contribution >= 0.6 is 11.6 Å². The molecule has 12 heteroatoms. The Morgan fingerprint density at radius 3 is 2.32 bits per heavy atom. The van der Waals surface area contributed by atoms with E-state index < -0.39 is 12.1 Å². The van der Waals surface area contributed by atoms with Gasteiger partial charge in [0.1, 0.15) is 5.65 Å². The number of hydrogen-bond donors (Lipinski definition) is 2. The lowest BCUT2D eigenvalue weighted by Crippen LogP contribution is -2.44. The van der Waals surface area contributed by atoms with E-state index in [-0.39, 0.29) is 5.91 Å². The number of aliphatic carboxylic acids is 1. The van der Waals surface area contributed by atoms with Crippen LogP contribution in [0.4, 0.5) is 24.5 Å². The quantitative estimate of drug-likeness (QED) is 0.255. The van der Waals surface area contributed by atoms with Crippen molar-refractivity contribution in [3.05, 3.63) is 78.0 Å². The van der Waals surface area contributed by atoms with E-state index in [2.05, 4.69) is 75.9 Å². The van der Waals surface area contributed by atoms with Crippen molar-refractivity contribution >= 4 is 45.9 Å². The lowest BCUT2D eigenvalue weighted by Gasteiger charge is -2.34. The highest BCUT2D eigenvalue weighted by Crippen LogP contribution is 2.43. The summed E-state index contributed by atoms with van der Waals surface area (Å²) in [6.45, 7) is 8.60. The average molecular weight is 626 g/mol. The monoisotopic (exact) mass is 625 g/mol. The number of aromatic nitrogens is 2. The zero-order valence-electron chi connectivity index (χ0n) is 24.0. The summed E-state index contributed by atoms with van der Waals surface area (Å²) in [4.78, 5) is 36.3. The predicted molar refractivity (Wildman–Crippen MR) is 166 cm³/mol. The highest BCUT2D eigenvalue weighted by atomic mass is 35.5. The molecule has 8 nitrogen and oxygen atoms in total. The average Bonchev–Trinajstić information content (AvgIpc) is 3.41. The zero-order valence-corrected chi connectivity index (χ0v) is 24.8. The number of anilines is 2. The van der Waals surface area contributed by atoms with E-state index in [1.54, 1.807) is 6.20 Å². The van der Waals surface area contributed by atoms with E-state index >= 15 is 0 Å². The fraction of sp³-hybridized carbons (Fsp3) is 0.281. The lowest BCUT2D eigenvalue weighted by molar-refractivity contribution is -0.192. The van der Waals surface area contributed by atoms with Gasteiger partial charge in [-0.15, -0.1) is 0 Å². The molecule has 1 fully saturated rings. The van der Waals surface area contributed by atoms with Crippen LogP contribution in [0.3, 0.4) is 0 Å². The molecule has 2 N–H and O–H groups in total. The zero-order chi connectivity index (χ0) is 31.6. The van der Waals surface area contributed by atoms with Crippen LogP contribution in [0.25, 0.3) is 33.4 Å². The molecule has 0 aliphatic carbocycles. The van der Waals surface area contributed by atoms with E-state index in [1.165, 1.54) is 17.3 Å². The van der Waals surface area contributed by atoms with Crippen LogP contribution < -0.4 is 9.80 Å². The second-order valence-corrected chi connectivity index (χ2v) is 11.1. The number of pyridine rings is 1. The fourth-order valence-electron chi connectivity index (χ4n) is 5.55. The third kappa shape index (κ3) is 6.44. The number of alkyl halides is 3. The van der Waals surface area contributed by atoms with Crippen LogP contribution in [-0.4, -0.2) is 77.8 Å². The van der Waals surface area contributed by atoms with Crippen molar-refractivity contribution in [3.8, 4) is 22.4 Å². The van der Waals surface area contributed by atoms with Crippen LogP contribution in [0.15, 0.2) is 67.4 Å². The van der Waals surface area contributed by atoms with Crippen molar-refractivity contribution in [3.63, 3.8) is 0 Å². The molecule has 2 aromatic heterocycles. The van der Waals surface area contributed by atoms with Crippen molar-refractivity contribution in [2.75, 3.05) is 49.6 Å². The number of carbonyl (C=O) groups excluding carboxylic acids is 1. The Bertz CT molecular complexity index is 1700. The van der Waals surface area contributed by atoms with Crippen LogP contribution in [0.5, 0.6) is 0 Å². The minimum atomic E-state index is -5.08. The third-order valence-corrected chi connectivity index (χ3v) is 8.16. The van der Waals surface area contributed by atoms with Gasteiger partial charge in [0.25, 0.3) is 0 Å². The molecule has 1 saturated heterocycles. The number of piperazine rings is 1. The first-order valence-corrected chi connectivity index (χ1v) is 14.4. The smallest absolute Gasteiger partial charge is 0.475 e. The highest BCUT2D eigenvalue weighted by Gasteiger charge is 2.38. The molecule has 4 heterocycles. The molecule has 0 saturated carbocycles. The predicted octanol–water partition coefficient (Wildman–Crippen LogP) is 6.40. The number of H-pyrrole nitrogens is 1. The number of hydrogen-bond acceptors (Lipinski definition) is 5. The molecule has 6 rings (SSSR count). The van der Waals surface area contributed by atoms with Gasteiger partial charge in [-0.1, -0.05) is 42.4 Å². The number of rotatable bonds is 4. The van der Waals surface area contributed by atoms with Crippen molar-refractivity contribution < 1.29 is 27.9 Å². The molecule has 2 aliphatic heterocycles. The molecule has 44 heavy (non-hydrogen) atoms. The van der Waals surface area contributed by atoms with Crippen molar-refractivity contribution in [2.45, 2.75) is 19.0 Å². The second-order valence-electron chi connectivity index (χ2n) is 10.7. The first-order chi connectivity index (χ1) is 21.0. The number of aromatic amines is 1. The summed E-state index contributed by atoms with van der Waals surface area (Å²) in [7, 11) is 2.17. The van der Waals surface area contributed by atoms with Gasteiger partial charge in [-0.3, -0.25) is 4.79 Å². The summed E-state index contributed by atoms with van der Waals surface area (Å²) in [5, 5.41) is 8.66. The third-order valence-electron chi connectivity index (χ3n) is 7.84. The Balaban J connectivity index is 0.000000493. The topological polar surface area (TPSA) is 92.8 Å². The Hall–Kier alpha value is -4.35. The minimum absolute atomic E-state index is 0.0727. The number of likely N-dealkylation sites (N-methyl/N-ethyl adjacent to an activating group) is 1. The van der Waals surface area contributed by atoms with Crippen LogP contribution in [0.1, 0.15) is 12.0 Å². The van der Waals surface area contributed by atoms with Gasteiger partial charge in [-0.25, -0.2) is 9.78 Å². The maximum Gasteiger partial charge on any atom is 0.490 e. The number of nitrogens with one attached hydrogen (secondary N) is 1. The molecular weight excluding hydrogens is 595 g/mol. The molecule has 1 amide bonds. The molecule has 230 valence electrons. The molecule has 0 bridgehead atoms. The molecule has 2 aromatic carbocycles. The van der Waals surface area contributed by atoms with Gasteiger partial charge in [0.15, 0.2) is 0 Å². The Labute approximate surface area is 257 Å². The van der Waals surface area contributed by atoms with Gasteiger partial charge in [0.05, 0.1) is 10.7 Å². The number of fused-ring (bicyclic) bond motifs is 2. The molecule has 4 aromatic rings. The molecule has 0 atom stereocenters. The number of aryl methyl sites for hydroxylation is 1. The second kappa shape index (κ2) is 12.7. The standard InChI is InChI=1S/C30H30ClN5O.C2HF3O2/c1-3-26(37)36-14-4-5-20-6-7-22(19-25(20)36)27-28-24(31)12-13-32-30(28)33-29(27)21-8-10-23(11-9-21)35-17-15-34(2)16-18-35;3-2(4,5)1(6)7/h3,6-13,19H,1,4-5,14-18H2,2H3,(H,32,33);(H,6,7). The van der Waals surface area contributed by atoms with Gasteiger partial charge >= 0.3 is 12.1 Å². The maximum absolute atomic E-state index is 12.6. The SMILES string of the molecule is C=CC(=O)N1CCCc2ccc(-c3c(-c4ccc(N5CCN(C)CC5)cc4)[nH]c4nccc(Cl)c34)cc21.O=C(O)C(F)(F)F. The van der Waals surface area contributed by atoms with Crippen molar-refractivity contribution in [2.24, 2.45) is 0 Å². The van der Waals surface area contributed by atoms with E-state index in [0.29, 0.717) is 11.6 Å². The number of benzene rings is 2. The number of carbonyl (C=O) groups is 2. The number of carboxylic acid groups (broad SMARTS) is 1. The molecule has 0 spiro atoms. The summed E-state index contributed by atoms with van der Waals surface area (Å²) in [5.74, 6) is -2.83. The normalized spacial score (nSPS) is 15.4. The van der Waals surface area contributed by atoms with E-state index in [0.717, 1.165) is 78.1 Å². The summed E-state index contributed by atoms with van der Waals surface area (Å²) >= 11 is 6.75. The van der Waals surface area contributed by atoms with Crippen molar-refractivity contribution in [1.29, 1.82) is 0 Å². The number of nitrogens with zero attached hydrogens (tertiary/aromatic N) is 4. The Morgan fingerprint density at radius 2 is 1.68 bits per heavy atom. The molecule has 0 unspecified atom stereocenters. The summed E-state index contributed by atoms with van der Waals surface area (Å²) < 4.78 is 31.7.